The Labute approximate surface area is 244 Å². The van der Waals surface area contributed by atoms with Crippen LogP contribution >= 0.6 is 23.4 Å². The summed E-state index contributed by atoms with van der Waals surface area (Å²) < 4.78 is 0. The highest BCUT2D eigenvalue weighted by atomic mass is 35.5. The summed E-state index contributed by atoms with van der Waals surface area (Å²) in [6, 6.07) is 39.4. The highest BCUT2D eigenvalue weighted by molar-refractivity contribution is 7.98. The van der Waals surface area contributed by atoms with E-state index in [-0.39, 0.29) is 11.9 Å². The lowest BCUT2D eigenvalue weighted by molar-refractivity contribution is 0.0943. The van der Waals surface area contributed by atoms with Gasteiger partial charge in [0, 0.05) is 31.0 Å². The summed E-state index contributed by atoms with van der Waals surface area (Å²) in [5, 5.41) is 4.21. The molecule has 0 saturated heterocycles. The highest BCUT2D eigenvalue weighted by Crippen LogP contribution is 2.26. The molecule has 0 spiro atoms. The Balaban J connectivity index is 1.27. The maximum atomic E-state index is 13.4. The molecule has 1 heterocycles. The van der Waals surface area contributed by atoms with Crippen LogP contribution in [0.4, 0.5) is 5.82 Å². The Kier molecular flexibility index (Phi) is 9.11. The minimum absolute atomic E-state index is 0.131. The first kappa shape index (κ1) is 27.4. The molecule has 0 bridgehead atoms. The van der Waals surface area contributed by atoms with Crippen LogP contribution in [0.25, 0.3) is 0 Å². The number of aromatic nitrogens is 2. The van der Waals surface area contributed by atoms with Crippen LogP contribution in [0.2, 0.25) is 5.15 Å². The minimum Gasteiger partial charge on any atom is -0.355 e. The van der Waals surface area contributed by atoms with E-state index in [4.69, 9.17) is 16.6 Å². The lowest BCUT2D eigenvalue weighted by Crippen LogP contribution is -2.29. The molecule has 0 aliphatic rings. The quantitative estimate of drug-likeness (QED) is 0.108. The average molecular weight is 565 g/mol. The predicted molar refractivity (Wildman–Crippen MR) is 164 cm³/mol. The fourth-order valence-electron chi connectivity index (χ4n) is 4.40. The molecule has 1 N–H and O–H groups in total. The van der Waals surface area contributed by atoms with Gasteiger partial charge in [-0.15, -0.1) is 0 Å². The Bertz CT molecular complexity index is 1510. The van der Waals surface area contributed by atoms with Crippen molar-refractivity contribution < 1.29 is 4.79 Å². The van der Waals surface area contributed by atoms with Gasteiger partial charge in [-0.25, -0.2) is 9.97 Å². The summed E-state index contributed by atoms with van der Waals surface area (Å²) in [6.45, 7) is 0.711. The molecular weight excluding hydrogens is 536 g/mol. The van der Waals surface area contributed by atoms with Crippen molar-refractivity contribution in [3.8, 4) is 0 Å². The molecule has 1 aromatic heterocycles. The molecule has 0 unspecified atom stereocenters. The molecule has 0 aliphatic heterocycles. The van der Waals surface area contributed by atoms with Gasteiger partial charge in [0.2, 0.25) is 0 Å². The van der Waals surface area contributed by atoms with Crippen LogP contribution in [0.15, 0.2) is 126 Å². The lowest BCUT2D eigenvalue weighted by atomic mass is 9.98. The SMILES string of the molecule is CN(Cc1ccccc1)c1cc(Cl)nc(SCc2cccc(C(=O)NC(c3ccccc3)c3ccccc3)c2)n1. The van der Waals surface area contributed by atoms with Gasteiger partial charge in [0.1, 0.15) is 11.0 Å². The van der Waals surface area contributed by atoms with E-state index < -0.39 is 0 Å². The van der Waals surface area contributed by atoms with Crippen molar-refractivity contribution >= 4 is 35.1 Å². The molecule has 5 rings (SSSR count). The van der Waals surface area contributed by atoms with Crippen molar-refractivity contribution in [3.63, 3.8) is 0 Å². The Morgan fingerprint density at radius 1 is 0.800 bits per heavy atom. The van der Waals surface area contributed by atoms with Gasteiger partial charge in [-0.2, -0.15) is 0 Å². The van der Waals surface area contributed by atoms with Crippen molar-refractivity contribution in [1.29, 1.82) is 0 Å². The number of thioether (sulfide) groups is 1. The van der Waals surface area contributed by atoms with Crippen LogP contribution < -0.4 is 10.2 Å². The molecule has 0 saturated carbocycles. The number of carbonyl (C=O) groups is 1. The van der Waals surface area contributed by atoms with Gasteiger partial charge in [-0.1, -0.05) is 126 Å². The zero-order valence-corrected chi connectivity index (χ0v) is 23.6. The Hall–Kier alpha value is -4.13. The number of halogens is 1. The fourth-order valence-corrected chi connectivity index (χ4v) is 5.42. The predicted octanol–water partition coefficient (Wildman–Crippen LogP) is 7.58. The summed E-state index contributed by atoms with van der Waals surface area (Å²) in [7, 11) is 1.99. The van der Waals surface area contributed by atoms with Crippen molar-refractivity contribution in [2.75, 3.05) is 11.9 Å². The Morgan fingerprint density at radius 2 is 1.40 bits per heavy atom. The molecule has 1 amide bonds. The number of amides is 1. The molecule has 40 heavy (non-hydrogen) atoms. The van der Waals surface area contributed by atoms with E-state index in [1.807, 2.05) is 115 Å². The third-order valence-electron chi connectivity index (χ3n) is 6.41. The summed E-state index contributed by atoms with van der Waals surface area (Å²) in [6.07, 6.45) is 0. The topological polar surface area (TPSA) is 58.1 Å². The van der Waals surface area contributed by atoms with E-state index in [0.29, 0.717) is 28.2 Å². The smallest absolute Gasteiger partial charge is 0.252 e. The summed E-state index contributed by atoms with van der Waals surface area (Å²) in [4.78, 5) is 24.6. The van der Waals surface area contributed by atoms with E-state index >= 15 is 0 Å². The monoisotopic (exact) mass is 564 g/mol. The standard InChI is InChI=1S/C33H29ClN4OS/c1-38(22-24-12-5-2-6-13-24)30-21-29(34)35-33(36-30)40-23-25-14-11-19-28(20-25)32(39)37-31(26-15-7-3-8-16-26)27-17-9-4-10-18-27/h2-21,31H,22-23H2,1H3,(H,37,39). The third kappa shape index (κ3) is 7.29. The fraction of sp³-hybridized carbons (Fsp3) is 0.121. The van der Waals surface area contributed by atoms with E-state index in [0.717, 1.165) is 22.5 Å². The number of benzene rings is 4. The van der Waals surface area contributed by atoms with E-state index in [2.05, 4.69) is 22.4 Å². The molecule has 0 aliphatic carbocycles. The van der Waals surface area contributed by atoms with Crippen molar-refractivity contribution in [3.05, 3.63) is 154 Å². The van der Waals surface area contributed by atoms with Gasteiger partial charge in [-0.3, -0.25) is 4.79 Å². The maximum Gasteiger partial charge on any atom is 0.252 e. The molecule has 0 atom stereocenters. The zero-order chi connectivity index (χ0) is 27.7. The molecular formula is C33H29ClN4OS. The molecule has 4 aromatic carbocycles. The Morgan fingerprint density at radius 3 is 2.05 bits per heavy atom. The van der Waals surface area contributed by atoms with Crippen LogP contribution in [0.3, 0.4) is 0 Å². The normalized spacial score (nSPS) is 10.9. The molecule has 0 radical (unpaired) electrons. The third-order valence-corrected chi connectivity index (χ3v) is 7.52. The van der Waals surface area contributed by atoms with Crippen molar-refractivity contribution in [2.45, 2.75) is 23.5 Å². The summed E-state index contributed by atoms with van der Waals surface area (Å²) in [5.41, 5.74) is 4.84. The van der Waals surface area contributed by atoms with E-state index in [9.17, 15) is 4.79 Å². The van der Waals surface area contributed by atoms with Gasteiger partial charge in [0.05, 0.1) is 6.04 Å². The first-order chi connectivity index (χ1) is 19.5. The molecule has 5 nitrogen and oxygen atoms in total. The second-order valence-corrected chi connectivity index (χ2v) is 10.7. The van der Waals surface area contributed by atoms with Gasteiger partial charge in [0.15, 0.2) is 5.16 Å². The minimum atomic E-state index is -0.251. The number of carbonyl (C=O) groups excluding carboxylic acids is 1. The molecule has 7 heteroatoms. The number of rotatable bonds is 10. The zero-order valence-electron chi connectivity index (χ0n) is 22.1. The van der Waals surface area contributed by atoms with Gasteiger partial charge >= 0.3 is 0 Å². The second-order valence-electron chi connectivity index (χ2n) is 9.39. The molecule has 0 fully saturated rings. The number of anilines is 1. The first-order valence-corrected chi connectivity index (χ1v) is 14.3. The van der Waals surface area contributed by atoms with Crippen LogP contribution in [-0.4, -0.2) is 22.9 Å². The first-order valence-electron chi connectivity index (χ1n) is 13.0. The van der Waals surface area contributed by atoms with Gasteiger partial charge in [0.25, 0.3) is 5.91 Å². The number of hydrogen-bond donors (Lipinski definition) is 1. The second kappa shape index (κ2) is 13.3. The lowest BCUT2D eigenvalue weighted by Gasteiger charge is -2.20. The summed E-state index contributed by atoms with van der Waals surface area (Å²) in [5.74, 6) is 1.23. The van der Waals surface area contributed by atoms with Crippen molar-refractivity contribution in [1.82, 2.24) is 15.3 Å². The number of nitrogens with zero attached hydrogens (tertiary/aromatic N) is 3. The van der Waals surface area contributed by atoms with Crippen molar-refractivity contribution in [2.24, 2.45) is 0 Å². The largest absolute Gasteiger partial charge is 0.355 e. The number of nitrogens with one attached hydrogen (secondary N) is 1. The van der Waals surface area contributed by atoms with Gasteiger partial charge in [-0.05, 0) is 34.4 Å². The van der Waals surface area contributed by atoms with E-state index in [1.165, 1.54) is 17.3 Å². The summed E-state index contributed by atoms with van der Waals surface area (Å²) >= 11 is 7.84. The van der Waals surface area contributed by atoms with Crippen LogP contribution in [0.1, 0.15) is 38.7 Å². The molecule has 5 aromatic rings. The average Bonchev–Trinajstić information content (AvgIpc) is 3.00. The van der Waals surface area contributed by atoms with E-state index in [1.54, 1.807) is 6.07 Å². The maximum absolute atomic E-state index is 13.4. The molecule has 200 valence electrons. The highest BCUT2D eigenvalue weighted by Gasteiger charge is 2.18. The van der Waals surface area contributed by atoms with Crippen LogP contribution in [0, 0.1) is 0 Å². The number of hydrogen-bond acceptors (Lipinski definition) is 5. The van der Waals surface area contributed by atoms with Crippen LogP contribution in [0.5, 0.6) is 0 Å². The van der Waals surface area contributed by atoms with Gasteiger partial charge < -0.3 is 10.2 Å². The van der Waals surface area contributed by atoms with Crippen LogP contribution in [-0.2, 0) is 12.3 Å².